The highest BCUT2D eigenvalue weighted by Gasteiger charge is 2.47. The highest BCUT2D eigenvalue weighted by atomic mass is 16.5. The standard InChI is InChI=1S/C56H40N2O/c1-55(2)47-33-31-42(36-50(47)58-53-43-24-13-12-17-37(43)29-34-52(53)59-51-28-16-27-48(55)54(51)58)57(40-22-10-5-11-23-40)41-30-32-45-44-25-14-15-26-46(44)56(49(45)35-41,38-18-6-3-7-19-38)39-20-8-4-9-21-39/h3-36H,1-2H3. The second kappa shape index (κ2) is 12.6. The molecule has 0 saturated carbocycles. The molecule has 0 aromatic heterocycles. The van der Waals surface area contributed by atoms with E-state index in [2.05, 4.69) is 230 Å². The summed E-state index contributed by atoms with van der Waals surface area (Å²) in [6.07, 6.45) is 0. The van der Waals surface area contributed by atoms with Gasteiger partial charge in [0, 0.05) is 27.9 Å². The van der Waals surface area contributed by atoms with E-state index in [1.165, 1.54) is 49.9 Å². The zero-order chi connectivity index (χ0) is 39.3. The molecule has 280 valence electrons. The Morgan fingerprint density at radius 3 is 1.81 bits per heavy atom. The van der Waals surface area contributed by atoms with Crippen molar-refractivity contribution in [2.75, 3.05) is 9.80 Å². The molecule has 9 aromatic carbocycles. The van der Waals surface area contributed by atoms with Crippen LogP contribution >= 0.6 is 0 Å². The van der Waals surface area contributed by atoms with E-state index in [-0.39, 0.29) is 5.41 Å². The Morgan fingerprint density at radius 2 is 1.03 bits per heavy atom. The van der Waals surface area contributed by atoms with E-state index in [0.717, 1.165) is 51.0 Å². The van der Waals surface area contributed by atoms with Crippen molar-refractivity contribution in [1.82, 2.24) is 0 Å². The van der Waals surface area contributed by atoms with Gasteiger partial charge >= 0.3 is 0 Å². The molecule has 2 heterocycles. The highest BCUT2D eigenvalue weighted by Crippen LogP contribution is 2.62. The largest absolute Gasteiger partial charge is 0.453 e. The summed E-state index contributed by atoms with van der Waals surface area (Å²) in [5.41, 5.74) is 16.0. The highest BCUT2D eigenvalue weighted by molar-refractivity contribution is 6.06. The van der Waals surface area contributed by atoms with Crippen molar-refractivity contribution in [1.29, 1.82) is 0 Å². The smallest absolute Gasteiger partial charge is 0.152 e. The number of para-hydroxylation sites is 2. The third kappa shape index (κ3) is 4.70. The number of hydrogen-bond acceptors (Lipinski definition) is 3. The van der Waals surface area contributed by atoms with E-state index >= 15 is 0 Å². The van der Waals surface area contributed by atoms with E-state index in [4.69, 9.17) is 4.74 Å². The molecule has 0 atom stereocenters. The minimum Gasteiger partial charge on any atom is -0.453 e. The van der Waals surface area contributed by atoms with Gasteiger partial charge in [0.2, 0.25) is 0 Å². The van der Waals surface area contributed by atoms with Gasteiger partial charge in [-0.1, -0.05) is 172 Å². The van der Waals surface area contributed by atoms with Crippen molar-refractivity contribution in [2.45, 2.75) is 24.7 Å². The summed E-state index contributed by atoms with van der Waals surface area (Å²) in [6, 6.07) is 75.5. The maximum atomic E-state index is 6.77. The van der Waals surface area contributed by atoms with Crippen LogP contribution < -0.4 is 14.5 Å². The van der Waals surface area contributed by atoms with Gasteiger partial charge in [-0.25, -0.2) is 0 Å². The first kappa shape index (κ1) is 33.7. The Labute approximate surface area is 345 Å². The van der Waals surface area contributed by atoms with E-state index in [0.29, 0.717) is 0 Å². The summed E-state index contributed by atoms with van der Waals surface area (Å²) in [4.78, 5) is 4.91. The Hall–Kier alpha value is -7.36. The van der Waals surface area contributed by atoms with Gasteiger partial charge in [0.15, 0.2) is 11.5 Å². The molecule has 12 rings (SSSR count). The van der Waals surface area contributed by atoms with Crippen molar-refractivity contribution in [3.63, 3.8) is 0 Å². The molecule has 0 bridgehead atoms. The van der Waals surface area contributed by atoms with E-state index in [1.54, 1.807) is 0 Å². The summed E-state index contributed by atoms with van der Waals surface area (Å²) in [7, 11) is 0. The molecule has 59 heavy (non-hydrogen) atoms. The lowest BCUT2D eigenvalue weighted by Crippen LogP contribution is -2.32. The zero-order valence-corrected chi connectivity index (χ0v) is 32.9. The monoisotopic (exact) mass is 756 g/mol. The zero-order valence-electron chi connectivity index (χ0n) is 32.9. The van der Waals surface area contributed by atoms with Crippen LogP contribution in [-0.2, 0) is 10.8 Å². The molecule has 9 aromatic rings. The summed E-state index contributed by atoms with van der Waals surface area (Å²) >= 11 is 0. The van der Waals surface area contributed by atoms with Gasteiger partial charge < -0.3 is 14.5 Å². The molecule has 0 radical (unpaired) electrons. The Morgan fingerprint density at radius 1 is 0.424 bits per heavy atom. The SMILES string of the molecule is CC1(C)c2ccc(N(c3ccccc3)c3ccc4c(c3)C(c3ccccc3)(c3ccccc3)c3ccccc3-4)cc2N2c3c(cccc31)Oc1ccc3ccccc3c12. The van der Waals surface area contributed by atoms with Gasteiger partial charge in [-0.05, 0) is 98.4 Å². The van der Waals surface area contributed by atoms with Crippen LogP contribution in [0.3, 0.4) is 0 Å². The maximum Gasteiger partial charge on any atom is 0.152 e. The van der Waals surface area contributed by atoms with Gasteiger partial charge in [-0.2, -0.15) is 0 Å². The van der Waals surface area contributed by atoms with Gasteiger partial charge in [0.25, 0.3) is 0 Å². The van der Waals surface area contributed by atoms with E-state index in [9.17, 15) is 0 Å². The van der Waals surface area contributed by atoms with Crippen LogP contribution in [0.5, 0.6) is 11.5 Å². The summed E-state index contributed by atoms with van der Waals surface area (Å²) in [5, 5.41) is 2.35. The minimum absolute atomic E-state index is 0.275. The fourth-order valence-electron chi connectivity index (χ4n) is 10.5. The summed E-state index contributed by atoms with van der Waals surface area (Å²) < 4.78 is 6.77. The maximum absolute atomic E-state index is 6.77. The fourth-order valence-corrected chi connectivity index (χ4v) is 10.5. The lowest BCUT2D eigenvalue weighted by Gasteiger charge is -2.45. The average Bonchev–Trinajstić information content (AvgIpc) is 3.59. The average molecular weight is 757 g/mol. The number of benzene rings is 9. The lowest BCUT2D eigenvalue weighted by atomic mass is 9.67. The van der Waals surface area contributed by atoms with Crippen molar-refractivity contribution in [3.05, 3.63) is 240 Å². The van der Waals surface area contributed by atoms with Crippen molar-refractivity contribution in [3.8, 4) is 22.6 Å². The van der Waals surface area contributed by atoms with Crippen LogP contribution in [0.2, 0.25) is 0 Å². The van der Waals surface area contributed by atoms with Crippen LogP contribution in [0.1, 0.15) is 47.2 Å². The predicted octanol–water partition coefficient (Wildman–Crippen LogP) is 14.9. The Balaban J connectivity index is 1.12. The minimum atomic E-state index is -0.509. The molecule has 0 unspecified atom stereocenters. The third-order valence-corrected chi connectivity index (χ3v) is 13.1. The fraction of sp³-hybridized carbons (Fsp3) is 0.0714. The first-order valence-corrected chi connectivity index (χ1v) is 20.5. The molecular formula is C56H40N2O. The third-order valence-electron chi connectivity index (χ3n) is 13.1. The van der Waals surface area contributed by atoms with Gasteiger partial charge in [-0.3, -0.25) is 0 Å². The molecule has 0 N–H and O–H groups in total. The molecule has 3 nitrogen and oxygen atoms in total. The van der Waals surface area contributed by atoms with E-state index in [1.807, 2.05) is 0 Å². The summed E-state index contributed by atoms with van der Waals surface area (Å²) in [6.45, 7) is 4.69. The first-order valence-electron chi connectivity index (χ1n) is 20.5. The number of nitrogens with zero attached hydrogens (tertiary/aromatic N) is 2. The van der Waals surface area contributed by atoms with Crippen LogP contribution in [0.25, 0.3) is 21.9 Å². The lowest BCUT2D eigenvalue weighted by molar-refractivity contribution is 0.472. The predicted molar refractivity (Wildman–Crippen MR) is 243 cm³/mol. The molecular weight excluding hydrogens is 717 g/mol. The quantitative estimate of drug-likeness (QED) is 0.174. The van der Waals surface area contributed by atoms with Crippen molar-refractivity contribution >= 4 is 44.9 Å². The van der Waals surface area contributed by atoms with Crippen LogP contribution in [-0.4, -0.2) is 0 Å². The number of ether oxygens (including phenoxy) is 1. The van der Waals surface area contributed by atoms with Gasteiger partial charge in [0.05, 0.1) is 22.5 Å². The second-order valence-corrected chi connectivity index (χ2v) is 16.5. The van der Waals surface area contributed by atoms with Gasteiger partial charge in [-0.15, -0.1) is 0 Å². The Bertz CT molecular complexity index is 3080. The second-order valence-electron chi connectivity index (χ2n) is 16.5. The van der Waals surface area contributed by atoms with E-state index < -0.39 is 5.41 Å². The Kier molecular flexibility index (Phi) is 7.19. The topological polar surface area (TPSA) is 15.7 Å². The number of hydrogen-bond donors (Lipinski definition) is 0. The normalized spacial score (nSPS) is 14.6. The molecule has 0 amide bonds. The van der Waals surface area contributed by atoms with Crippen molar-refractivity contribution in [2.24, 2.45) is 0 Å². The van der Waals surface area contributed by atoms with Crippen LogP contribution in [0, 0.1) is 0 Å². The number of rotatable bonds is 5. The molecule has 0 fully saturated rings. The molecule has 2 aliphatic heterocycles. The molecule has 3 aliphatic rings. The van der Waals surface area contributed by atoms with Crippen LogP contribution in [0.4, 0.5) is 34.1 Å². The molecule has 3 heteroatoms. The molecule has 0 saturated heterocycles. The number of fused-ring (bicyclic) bond motifs is 9. The molecule has 1 aliphatic carbocycles. The van der Waals surface area contributed by atoms with Crippen molar-refractivity contribution < 1.29 is 4.74 Å². The first-order chi connectivity index (χ1) is 29.0. The summed E-state index contributed by atoms with van der Waals surface area (Å²) in [5.74, 6) is 1.74. The van der Waals surface area contributed by atoms with Gasteiger partial charge in [0.1, 0.15) is 0 Å². The van der Waals surface area contributed by atoms with Crippen LogP contribution in [0.15, 0.2) is 206 Å². The number of anilines is 6. The molecule has 0 spiro atoms.